The molecule has 0 rings (SSSR count). The van der Waals surface area contributed by atoms with E-state index in [9.17, 15) is 24.0 Å². The van der Waals surface area contributed by atoms with Gasteiger partial charge in [0.15, 0.2) is 6.61 Å². The second kappa shape index (κ2) is 11.0. The molecule has 10 nitrogen and oxygen atoms in total. The maximum absolute atomic E-state index is 12.0. The minimum atomic E-state index is -1.52. The summed E-state index contributed by atoms with van der Waals surface area (Å²) in [5.41, 5.74) is 5.20. The third-order valence-corrected chi connectivity index (χ3v) is 2.71. The molecular weight excluding hydrogens is 324 g/mol. The second-order valence-electron chi connectivity index (χ2n) is 4.60. The second-order valence-corrected chi connectivity index (χ2v) is 4.60. The Bertz CT molecular complexity index is 491. The first-order valence-corrected chi connectivity index (χ1v) is 7.27. The third-order valence-electron chi connectivity index (χ3n) is 2.71. The van der Waals surface area contributed by atoms with E-state index < -0.39 is 54.7 Å². The summed E-state index contributed by atoms with van der Waals surface area (Å²) in [7, 11) is 0. The van der Waals surface area contributed by atoms with Crippen LogP contribution in [-0.4, -0.2) is 55.6 Å². The van der Waals surface area contributed by atoms with Crippen LogP contribution in [0, 0.1) is 5.92 Å². The Labute approximate surface area is 139 Å². The first-order valence-electron chi connectivity index (χ1n) is 7.27. The van der Waals surface area contributed by atoms with E-state index in [4.69, 9.17) is 15.2 Å². The molecule has 10 heteroatoms. The lowest BCUT2D eigenvalue weighted by Crippen LogP contribution is -2.53. The fraction of sp³-hybridized carbons (Fsp3) is 0.643. The molecule has 0 aromatic rings. The number of rotatable bonds is 10. The van der Waals surface area contributed by atoms with Crippen molar-refractivity contribution < 1.29 is 38.2 Å². The Morgan fingerprint density at radius 2 is 1.58 bits per heavy atom. The molecule has 0 aliphatic carbocycles. The molecule has 0 bridgehead atoms. The zero-order chi connectivity index (χ0) is 18.7. The minimum absolute atomic E-state index is 0.00499. The molecule has 2 atom stereocenters. The van der Waals surface area contributed by atoms with Gasteiger partial charge in [0, 0.05) is 6.92 Å². The summed E-state index contributed by atoms with van der Waals surface area (Å²) in [5, 5.41) is 2.16. The Balaban J connectivity index is 5.18. The van der Waals surface area contributed by atoms with Crippen molar-refractivity contribution in [1.82, 2.24) is 5.32 Å². The molecule has 0 aromatic carbocycles. The molecule has 2 amide bonds. The molecule has 24 heavy (non-hydrogen) atoms. The number of nitrogens with one attached hydrogen (secondary N) is 1. The monoisotopic (exact) mass is 346 g/mol. The number of esters is 3. The molecule has 0 fully saturated rings. The van der Waals surface area contributed by atoms with Gasteiger partial charge in [0.2, 0.25) is 5.91 Å². The van der Waals surface area contributed by atoms with Crippen molar-refractivity contribution in [3.63, 3.8) is 0 Å². The maximum Gasteiger partial charge on any atom is 0.312 e. The number of hydrogen-bond donors (Lipinski definition) is 2. The highest BCUT2D eigenvalue weighted by molar-refractivity contribution is 5.93. The number of ether oxygens (including phenoxy) is 3. The summed E-state index contributed by atoms with van der Waals surface area (Å²) in [6, 6.07) is -1.52. The number of primary amides is 1. The lowest BCUT2D eigenvalue weighted by Gasteiger charge is -2.23. The van der Waals surface area contributed by atoms with Gasteiger partial charge in [-0.05, 0) is 13.8 Å². The largest absolute Gasteiger partial charge is 0.466 e. The summed E-state index contributed by atoms with van der Waals surface area (Å²) in [6.45, 7) is 3.64. The van der Waals surface area contributed by atoms with Crippen molar-refractivity contribution in [2.24, 2.45) is 11.7 Å². The van der Waals surface area contributed by atoms with Gasteiger partial charge >= 0.3 is 17.9 Å². The summed E-state index contributed by atoms with van der Waals surface area (Å²) in [4.78, 5) is 57.6. The SMILES string of the molecule is CCOC(=O)C[C@H](C(=O)OCC)[C@H](NC(=O)COC(C)=O)C(N)=O. The molecular formula is C14H22N2O8. The Kier molecular flexibility index (Phi) is 9.76. The van der Waals surface area contributed by atoms with Crippen molar-refractivity contribution in [2.45, 2.75) is 33.2 Å². The minimum Gasteiger partial charge on any atom is -0.466 e. The summed E-state index contributed by atoms with van der Waals surface area (Å²) < 4.78 is 14.0. The lowest BCUT2D eigenvalue weighted by molar-refractivity contribution is -0.157. The molecule has 0 heterocycles. The third kappa shape index (κ3) is 8.11. The Morgan fingerprint density at radius 1 is 1.00 bits per heavy atom. The standard InChI is InChI=1S/C14H22N2O8/c1-4-22-11(19)6-9(14(21)23-5-2)12(13(15)20)16-10(18)7-24-8(3)17/h9,12H,4-7H2,1-3H3,(H2,15,20)(H,16,18)/t9-,12-/m0/s1. The van der Waals surface area contributed by atoms with Crippen LogP contribution >= 0.6 is 0 Å². The molecule has 0 aromatic heterocycles. The average molecular weight is 346 g/mol. The van der Waals surface area contributed by atoms with Crippen molar-refractivity contribution in [2.75, 3.05) is 19.8 Å². The van der Waals surface area contributed by atoms with E-state index in [2.05, 4.69) is 10.1 Å². The summed E-state index contributed by atoms with van der Waals surface area (Å²) in [6.07, 6.45) is -0.506. The quantitative estimate of drug-likeness (QED) is 0.364. The van der Waals surface area contributed by atoms with Crippen LogP contribution in [-0.2, 0) is 38.2 Å². The van der Waals surface area contributed by atoms with Gasteiger partial charge in [-0.25, -0.2) is 0 Å². The maximum atomic E-state index is 12.0. The number of amides is 2. The van der Waals surface area contributed by atoms with Crippen molar-refractivity contribution >= 4 is 29.7 Å². The normalized spacial score (nSPS) is 12.5. The van der Waals surface area contributed by atoms with Crippen molar-refractivity contribution in [1.29, 1.82) is 0 Å². The van der Waals surface area contributed by atoms with E-state index in [1.54, 1.807) is 6.92 Å². The van der Waals surface area contributed by atoms with Gasteiger partial charge in [-0.3, -0.25) is 24.0 Å². The van der Waals surface area contributed by atoms with Crippen LogP contribution in [0.15, 0.2) is 0 Å². The highest BCUT2D eigenvalue weighted by Crippen LogP contribution is 2.13. The van der Waals surface area contributed by atoms with E-state index >= 15 is 0 Å². The molecule has 0 aliphatic heterocycles. The van der Waals surface area contributed by atoms with Gasteiger partial charge in [-0.1, -0.05) is 0 Å². The zero-order valence-corrected chi connectivity index (χ0v) is 13.8. The molecule has 0 spiro atoms. The van der Waals surface area contributed by atoms with Gasteiger partial charge in [0.1, 0.15) is 6.04 Å². The van der Waals surface area contributed by atoms with Crippen LogP contribution < -0.4 is 11.1 Å². The molecule has 0 aliphatic rings. The van der Waals surface area contributed by atoms with Crippen molar-refractivity contribution in [3.8, 4) is 0 Å². The molecule has 136 valence electrons. The van der Waals surface area contributed by atoms with Gasteiger partial charge in [0.25, 0.3) is 5.91 Å². The van der Waals surface area contributed by atoms with Crippen LogP contribution in [0.3, 0.4) is 0 Å². The summed E-state index contributed by atoms with van der Waals surface area (Å²) >= 11 is 0. The molecule has 3 N–H and O–H groups in total. The first-order chi connectivity index (χ1) is 11.2. The number of carbonyl (C=O) groups is 5. The van der Waals surface area contributed by atoms with Crippen LogP contribution in [0.25, 0.3) is 0 Å². The molecule has 0 unspecified atom stereocenters. The number of nitrogens with two attached hydrogens (primary N) is 1. The zero-order valence-electron chi connectivity index (χ0n) is 13.8. The number of hydrogen-bond acceptors (Lipinski definition) is 8. The van der Waals surface area contributed by atoms with Crippen LogP contribution in [0.5, 0.6) is 0 Å². The van der Waals surface area contributed by atoms with E-state index in [-0.39, 0.29) is 13.2 Å². The predicted octanol–water partition coefficient (Wildman–Crippen LogP) is -1.35. The highest BCUT2D eigenvalue weighted by Gasteiger charge is 2.37. The van der Waals surface area contributed by atoms with Crippen LogP contribution in [0.2, 0.25) is 0 Å². The molecule has 0 saturated heterocycles. The first kappa shape index (κ1) is 21.4. The van der Waals surface area contributed by atoms with Crippen molar-refractivity contribution in [3.05, 3.63) is 0 Å². The van der Waals surface area contributed by atoms with Gasteiger partial charge in [-0.2, -0.15) is 0 Å². The fourth-order valence-corrected chi connectivity index (χ4v) is 1.74. The van der Waals surface area contributed by atoms with E-state index in [1.807, 2.05) is 0 Å². The number of carbonyl (C=O) groups excluding carboxylic acids is 5. The van der Waals surface area contributed by atoms with E-state index in [0.717, 1.165) is 6.92 Å². The predicted molar refractivity (Wildman–Crippen MR) is 79.1 cm³/mol. The van der Waals surface area contributed by atoms with Gasteiger partial charge < -0.3 is 25.3 Å². The van der Waals surface area contributed by atoms with Gasteiger partial charge in [-0.15, -0.1) is 0 Å². The Morgan fingerprint density at radius 3 is 2.04 bits per heavy atom. The fourth-order valence-electron chi connectivity index (χ4n) is 1.74. The Hall–Kier alpha value is -2.65. The smallest absolute Gasteiger partial charge is 0.312 e. The molecule has 0 saturated carbocycles. The van der Waals surface area contributed by atoms with E-state index in [1.165, 1.54) is 6.92 Å². The highest BCUT2D eigenvalue weighted by atomic mass is 16.5. The average Bonchev–Trinajstić information content (AvgIpc) is 2.48. The summed E-state index contributed by atoms with van der Waals surface area (Å²) in [5.74, 6) is -5.60. The van der Waals surface area contributed by atoms with Crippen LogP contribution in [0.4, 0.5) is 0 Å². The van der Waals surface area contributed by atoms with Gasteiger partial charge in [0.05, 0.1) is 25.6 Å². The topological polar surface area (TPSA) is 151 Å². The lowest BCUT2D eigenvalue weighted by atomic mass is 9.95. The van der Waals surface area contributed by atoms with Crippen LogP contribution in [0.1, 0.15) is 27.2 Å². The molecule has 0 radical (unpaired) electrons. The van der Waals surface area contributed by atoms with E-state index in [0.29, 0.717) is 0 Å².